The minimum Gasteiger partial charge on any atom is -0.339 e. The van der Waals surface area contributed by atoms with E-state index in [9.17, 15) is 9.59 Å². The zero-order valence-electron chi connectivity index (χ0n) is 15.4. The Bertz CT molecular complexity index is 790. The second-order valence-electron chi connectivity index (χ2n) is 7.36. The lowest BCUT2D eigenvalue weighted by Crippen LogP contribution is -2.52. The Balaban J connectivity index is 1.35. The number of aromatic nitrogens is 3. The van der Waals surface area contributed by atoms with Gasteiger partial charge in [0.2, 0.25) is 5.91 Å². The number of aromatic amines is 1. The molecule has 1 aliphatic carbocycles. The van der Waals surface area contributed by atoms with Gasteiger partial charge in [0.1, 0.15) is 5.69 Å². The summed E-state index contributed by atoms with van der Waals surface area (Å²) in [5.41, 5.74) is 2.13. The van der Waals surface area contributed by atoms with Crippen molar-refractivity contribution in [3.63, 3.8) is 0 Å². The maximum Gasteiger partial charge on any atom is 0.272 e. The fourth-order valence-electron chi connectivity index (χ4n) is 4.01. The molecule has 0 aromatic carbocycles. The quantitative estimate of drug-likeness (QED) is 0.903. The van der Waals surface area contributed by atoms with E-state index < -0.39 is 0 Å². The summed E-state index contributed by atoms with van der Waals surface area (Å²) >= 11 is 0. The van der Waals surface area contributed by atoms with Gasteiger partial charge in [0.05, 0.1) is 5.69 Å². The highest BCUT2D eigenvalue weighted by Gasteiger charge is 2.30. The molecule has 0 spiro atoms. The van der Waals surface area contributed by atoms with Crippen LogP contribution in [0.2, 0.25) is 0 Å². The summed E-state index contributed by atoms with van der Waals surface area (Å²) in [5.74, 6) is 0.410. The van der Waals surface area contributed by atoms with Gasteiger partial charge in [-0.15, -0.1) is 0 Å². The van der Waals surface area contributed by atoms with E-state index in [0.717, 1.165) is 36.9 Å². The number of rotatable bonds is 3. The average molecular weight is 367 g/mol. The highest BCUT2D eigenvalue weighted by atomic mass is 16.2. The van der Waals surface area contributed by atoms with E-state index in [1.807, 2.05) is 17.0 Å². The van der Waals surface area contributed by atoms with Crippen molar-refractivity contribution in [2.45, 2.75) is 32.1 Å². The maximum absolute atomic E-state index is 12.8. The zero-order chi connectivity index (χ0) is 18.6. The number of pyridine rings is 1. The highest BCUT2D eigenvalue weighted by Crippen LogP contribution is 2.26. The van der Waals surface area contributed by atoms with Crippen molar-refractivity contribution < 1.29 is 9.59 Å². The molecule has 7 heteroatoms. The largest absolute Gasteiger partial charge is 0.339 e. The van der Waals surface area contributed by atoms with Crippen LogP contribution in [-0.4, -0.2) is 63.0 Å². The molecule has 2 amide bonds. The molecule has 2 aromatic heterocycles. The van der Waals surface area contributed by atoms with Crippen LogP contribution in [0.5, 0.6) is 0 Å². The second kappa shape index (κ2) is 7.90. The van der Waals surface area contributed by atoms with Crippen molar-refractivity contribution in [2.75, 3.05) is 26.2 Å². The monoisotopic (exact) mass is 367 g/mol. The van der Waals surface area contributed by atoms with E-state index in [4.69, 9.17) is 0 Å². The standard InChI is InChI=1S/C20H25N5O2/c26-19(16-4-2-1-3-5-16)24-10-12-25(13-11-24)20(27)18-14-17(22-23-18)15-6-8-21-9-7-15/h6-9,14,16H,1-5,10-13H2,(H,22,23). The molecular weight excluding hydrogens is 342 g/mol. The van der Waals surface area contributed by atoms with Gasteiger partial charge in [-0.1, -0.05) is 19.3 Å². The first-order chi connectivity index (χ1) is 13.2. The molecule has 2 aliphatic rings. The number of nitrogens with zero attached hydrogens (tertiary/aromatic N) is 4. The van der Waals surface area contributed by atoms with Gasteiger partial charge in [0.15, 0.2) is 0 Å². The normalized spacial score (nSPS) is 18.5. The van der Waals surface area contributed by atoms with E-state index in [2.05, 4.69) is 15.2 Å². The van der Waals surface area contributed by atoms with E-state index in [1.165, 1.54) is 6.42 Å². The molecule has 3 heterocycles. The Hall–Kier alpha value is -2.70. The first kappa shape index (κ1) is 17.7. The topological polar surface area (TPSA) is 82.2 Å². The summed E-state index contributed by atoms with van der Waals surface area (Å²) in [6, 6.07) is 5.50. The molecule has 2 aromatic rings. The Kier molecular flexibility index (Phi) is 5.18. The molecule has 1 saturated carbocycles. The van der Waals surface area contributed by atoms with Crippen LogP contribution in [0.25, 0.3) is 11.3 Å². The molecule has 7 nitrogen and oxygen atoms in total. The third kappa shape index (κ3) is 3.86. The van der Waals surface area contributed by atoms with Gasteiger partial charge in [0.25, 0.3) is 5.91 Å². The van der Waals surface area contributed by atoms with Crippen molar-refractivity contribution in [2.24, 2.45) is 5.92 Å². The molecule has 1 saturated heterocycles. The lowest BCUT2D eigenvalue weighted by Gasteiger charge is -2.37. The van der Waals surface area contributed by atoms with Gasteiger partial charge < -0.3 is 9.80 Å². The Labute approximate surface area is 158 Å². The molecule has 1 aliphatic heterocycles. The summed E-state index contributed by atoms with van der Waals surface area (Å²) in [4.78, 5) is 33.2. The SMILES string of the molecule is O=C(c1cc(-c2ccncc2)n[nH]1)N1CCN(C(=O)C2CCCCC2)CC1. The van der Waals surface area contributed by atoms with Gasteiger partial charge in [-0.3, -0.25) is 19.7 Å². The Morgan fingerprint density at radius 3 is 2.33 bits per heavy atom. The number of H-pyrrole nitrogens is 1. The maximum atomic E-state index is 12.8. The van der Waals surface area contributed by atoms with Gasteiger partial charge in [-0.05, 0) is 31.0 Å². The molecule has 4 rings (SSSR count). The first-order valence-electron chi connectivity index (χ1n) is 9.76. The van der Waals surface area contributed by atoms with Crippen LogP contribution in [0.3, 0.4) is 0 Å². The van der Waals surface area contributed by atoms with Crippen molar-refractivity contribution in [1.29, 1.82) is 0 Å². The van der Waals surface area contributed by atoms with Crippen LogP contribution in [0.4, 0.5) is 0 Å². The molecule has 0 unspecified atom stereocenters. The highest BCUT2D eigenvalue weighted by molar-refractivity contribution is 5.93. The number of piperazine rings is 1. The predicted octanol–water partition coefficient (Wildman–Crippen LogP) is 2.34. The summed E-state index contributed by atoms with van der Waals surface area (Å²) in [6.45, 7) is 2.38. The number of amides is 2. The van der Waals surface area contributed by atoms with Crippen molar-refractivity contribution in [3.05, 3.63) is 36.3 Å². The van der Waals surface area contributed by atoms with E-state index >= 15 is 0 Å². The van der Waals surface area contributed by atoms with Crippen LogP contribution in [-0.2, 0) is 4.79 Å². The predicted molar refractivity (Wildman–Crippen MR) is 101 cm³/mol. The Morgan fingerprint density at radius 2 is 1.63 bits per heavy atom. The average Bonchev–Trinajstić information content (AvgIpc) is 3.24. The van der Waals surface area contributed by atoms with Crippen LogP contribution >= 0.6 is 0 Å². The van der Waals surface area contributed by atoms with Gasteiger partial charge in [0, 0.05) is 50.1 Å². The summed E-state index contributed by atoms with van der Waals surface area (Å²) in [7, 11) is 0. The van der Waals surface area contributed by atoms with Gasteiger partial charge in [-0.2, -0.15) is 5.10 Å². The van der Waals surface area contributed by atoms with E-state index in [-0.39, 0.29) is 17.7 Å². The molecule has 0 atom stereocenters. The van der Waals surface area contributed by atoms with Crippen LogP contribution < -0.4 is 0 Å². The Morgan fingerprint density at radius 1 is 0.963 bits per heavy atom. The van der Waals surface area contributed by atoms with E-state index in [1.54, 1.807) is 23.4 Å². The van der Waals surface area contributed by atoms with Crippen LogP contribution in [0.15, 0.2) is 30.6 Å². The summed E-state index contributed by atoms with van der Waals surface area (Å²) in [6.07, 6.45) is 9.01. The third-order valence-corrected chi connectivity index (χ3v) is 5.62. The lowest BCUT2D eigenvalue weighted by atomic mass is 9.88. The lowest BCUT2D eigenvalue weighted by molar-refractivity contribution is -0.138. The minimum atomic E-state index is -0.0624. The first-order valence-corrected chi connectivity index (χ1v) is 9.76. The molecule has 142 valence electrons. The number of hydrogen-bond donors (Lipinski definition) is 1. The number of nitrogens with one attached hydrogen (secondary N) is 1. The number of carbonyl (C=O) groups excluding carboxylic acids is 2. The smallest absolute Gasteiger partial charge is 0.272 e. The van der Waals surface area contributed by atoms with Gasteiger partial charge >= 0.3 is 0 Å². The zero-order valence-corrected chi connectivity index (χ0v) is 15.4. The number of carbonyl (C=O) groups is 2. The van der Waals surface area contributed by atoms with Crippen LogP contribution in [0, 0.1) is 5.92 Å². The minimum absolute atomic E-state index is 0.0624. The molecule has 2 fully saturated rings. The van der Waals surface area contributed by atoms with Crippen molar-refractivity contribution in [1.82, 2.24) is 25.0 Å². The van der Waals surface area contributed by atoms with Crippen molar-refractivity contribution in [3.8, 4) is 11.3 Å². The number of hydrogen-bond acceptors (Lipinski definition) is 4. The summed E-state index contributed by atoms with van der Waals surface area (Å²) in [5, 5.41) is 7.09. The van der Waals surface area contributed by atoms with Crippen molar-refractivity contribution >= 4 is 11.8 Å². The van der Waals surface area contributed by atoms with E-state index in [0.29, 0.717) is 31.9 Å². The fourth-order valence-corrected chi connectivity index (χ4v) is 4.01. The fraction of sp³-hybridized carbons (Fsp3) is 0.500. The second-order valence-corrected chi connectivity index (χ2v) is 7.36. The molecule has 0 bridgehead atoms. The molecular formula is C20H25N5O2. The molecule has 1 N–H and O–H groups in total. The molecule has 0 radical (unpaired) electrons. The summed E-state index contributed by atoms with van der Waals surface area (Å²) < 4.78 is 0. The molecule has 27 heavy (non-hydrogen) atoms. The third-order valence-electron chi connectivity index (χ3n) is 5.62. The van der Waals surface area contributed by atoms with Gasteiger partial charge in [-0.25, -0.2) is 0 Å². The van der Waals surface area contributed by atoms with Crippen LogP contribution in [0.1, 0.15) is 42.6 Å².